The number of fused-ring (bicyclic) bond motifs is 1. The molecule has 0 saturated heterocycles. The van der Waals surface area contributed by atoms with Crippen LogP contribution in [0.1, 0.15) is 65.3 Å². The molecule has 0 aromatic carbocycles. The van der Waals surface area contributed by atoms with E-state index in [1.807, 2.05) is 31.2 Å². The first-order valence-corrected chi connectivity index (χ1v) is 11.2. The quantitative estimate of drug-likeness (QED) is 0.505. The number of hydrogen-bond donors (Lipinski definition) is 1. The second kappa shape index (κ2) is 8.26. The molecule has 0 radical (unpaired) electrons. The summed E-state index contributed by atoms with van der Waals surface area (Å²) in [7, 11) is 0. The first kappa shape index (κ1) is 20.7. The van der Waals surface area contributed by atoms with E-state index in [-0.39, 0.29) is 11.3 Å². The molecule has 3 aromatic rings. The molecule has 1 aliphatic carbocycles. The van der Waals surface area contributed by atoms with Crippen molar-refractivity contribution in [2.45, 2.75) is 53.5 Å². The number of thiophene rings is 1. The summed E-state index contributed by atoms with van der Waals surface area (Å²) in [6.07, 6.45) is 6.31. The van der Waals surface area contributed by atoms with Crippen LogP contribution in [0.2, 0.25) is 0 Å². The van der Waals surface area contributed by atoms with Crippen LogP contribution in [0.3, 0.4) is 0 Å². The predicted octanol–water partition coefficient (Wildman–Crippen LogP) is 6.07. The summed E-state index contributed by atoms with van der Waals surface area (Å²) in [6.45, 7) is 9.16. The van der Waals surface area contributed by atoms with Crippen LogP contribution in [0, 0.1) is 18.3 Å². The van der Waals surface area contributed by atoms with Gasteiger partial charge in [-0.3, -0.25) is 4.79 Å². The average Bonchev–Trinajstić information content (AvgIpc) is 3.42. The fourth-order valence-corrected chi connectivity index (χ4v) is 5.22. The Morgan fingerprint density at radius 3 is 2.83 bits per heavy atom. The number of furan rings is 2. The lowest BCUT2D eigenvalue weighted by Crippen LogP contribution is -2.28. The molecule has 0 spiro atoms. The minimum Gasteiger partial charge on any atom is -0.467 e. The first-order chi connectivity index (χ1) is 14.3. The summed E-state index contributed by atoms with van der Waals surface area (Å²) >= 11 is 1.64. The Labute approximate surface area is 181 Å². The minimum atomic E-state index is -0.0964. The van der Waals surface area contributed by atoms with Crippen LogP contribution >= 0.6 is 11.3 Å². The van der Waals surface area contributed by atoms with E-state index in [4.69, 9.17) is 8.83 Å². The third-order valence-electron chi connectivity index (χ3n) is 5.77. The van der Waals surface area contributed by atoms with Crippen molar-refractivity contribution < 1.29 is 13.6 Å². The third-order valence-corrected chi connectivity index (χ3v) is 6.93. The molecule has 4 rings (SSSR count). The molecule has 0 aliphatic heterocycles. The zero-order chi connectivity index (χ0) is 21.3. The summed E-state index contributed by atoms with van der Waals surface area (Å²) in [6, 6.07) is 7.47. The summed E-state index contributed by atoms with van der Waals surface area (Å²) < 4.78 is 11.0. The Hall–Kier alpha value is -2.60. The molecule has 3 heterocycles. The number of carbonyl (C=O) groups excluding carboxylic acids is 1. The van der Waals surface area contributed by atoms with Crippen LogP contribution in [0.25, 0.3) is 0 Å². The molecule has 0 saturated carbocycles. The Morgan fingerprint density at radius 1 is 1.33 bits per heavy atom. The maximum atomic E-state index is 13.1. The standard InChI is InChI=1S/C24H28N2O3S/c1-15-7-9-18(29-15)14-26-23-21(22(27)25-13-17-6-5-11-28-17)19-10-8-16(24(2,3)4)12-20(19)30-23/h5-7,9,11,14,16H,8,10,12-13H2,1-4H3,(H,25,27)/t16-/m1/s1. The van der Waals surface area contributed by atoms with E-state index in [9.17, 15) is 4.79 Å². The third kappa shape index (κ3) is 4.43. The molecule has 0 fully saturated rings. The van der Waals surface area contributed by atoms with E-state index in [2.05, 4.69) is 31.1 Å². The second-order valence-electron chi connectivity index (χ2n) is 8.96. The van der Waals surface area contributed by atoms with Gasteiger partial charge in [-0.25, -0.2) is 4.99 Å². The molecule has 158 valence electrons. The number of hydrogen-bond acceptors (Lipinski definition) is 5. The molecule has 30 heavy (non-hydrogen) atoms. The van der Waals surface area contributed by atoms with Gasteiger partial charge in [-0.15, -0.1) is 11.3 Å². The summed E-state index contributed by atoms with van der Waals surface area (Å²) in [5.41, 5.74) is 2.10. The van der Waals surface area contributed by atoms with Crippen LogP contribution in [-0.4, -0.2) is 12.1 Å². The zero-order valence-corrected chi connectivity index (χ0v) is 18.8. The molecule has 6 heteroatoms. The van der Waals surface area contributed by atoms with Crippen molar-refractivity contribution in [3.05, 3.63) is 63.8 Å². The highest BCUT2D eigenvalue weighted by Crippen LogP contribution is 2.45. The number of nitrogens with zero attached hydrogens (tertiary/aromatic N) is 1. The highest BCUT2D eigenvalue weighted by molar-refractivity contribution is 7.16. The van der Waals surface area contributed by atoms with E-state index in [1.54, 1.807) is 23.8 Å². The van der Waals surface area contributed by atoms with Gasteiger partial charge in [-0.05, 0) is 67.3 Å². The average molecular weight is 425 g/mol. The SMILES string of the molecule is Cc1ccc(C=Nc2sc3c(c2C(=O)NCc2ccco2)CC[C@@H](C(C)(C)C)C3)o1. The molecule has 3 aromatic heterocycles. The molecule has 1 atom stereocenters. The second-order valence-corrected chi connectivity index (χ2v) is 10.0. The fourth-order valence-electron chi connectivity index (χ4n) is 3.95. The smallest absolute Gasteiger partial charge is 0.255 e. The maximum Gasteiger partial charge on any atom is 0.255 e. The van der Waals surface area contributed by atoms with Gasteiger partial charge >= 0.3 is 0 Å². The van der Waals surface area contributed by atoms with Gasteiger partial charge in [-0.1, -0.05) is 20.8 Å². The Balaban J connectivity index is 1.64. The number of amides is 1. The molecular formula is C24H28N2O3S. The number of rotatable bonds is 5. The van der Waals surface area contributed by atoms with Crippen molar-refractivity contribution in [1.29, 1.82) is 0 Å². The van der Waals surface area contributed by atoms with Crippen molar-refractivity contribution in [2.24, 2.45) is 16.3 Å². The van der Waals surface area contributed by atoms with E-state index < -0.39 is 0 Å². The largest absolute Gasteiger partial charge is 0.467 e. The maximum absolute atomic E-state index is 13.1. The summed E-state index contributed by atoms with van der Waals surface area (Å²) in [4.78, 5) is 19.1. The van der Waals surface area contributed by atoms with Crippen LogP contribution in [0.5, 0.6) is 0 Å². The van der Waals surface area contributed by atoms with Crippen molar-refractivity contribution >= 4 is 28.5 Å². The van der Waals surface area contributed by atoms with E-state index in [0.29, 0.717) is 23.8 Å². The molecular weight excluding hydrogens is 396 g/mol. The highest BCUT2D eigenvalue weighted by Gasteiger charge is 2.33. The fraction of sp³-hybridized carbons (Fsp3) is 0.417. The van der Waals surface area contributed by atoms with Gasteiger partial charge in [0.15, 0.2) is 0 Å². The summed E-state index contributed by atoms with van der Waals surface area (Å²) in [5.74, 6) is 2.77. The van der Waals surface area contributed by atoms with Gasteiger partial charge in [0, 0.05) is 4.88 Å². The lowest BCUT2D eigenvalue weighted by atomic mass is 9.72. The Bertz CT molecular complexity index is 1050. The van der Waals surface area contributed by atoms with Gasteiger partial charge in [0.2, 0.25) is 0 Å². The normalized spacial score (nSPS) is 16.7. The lowest BCUT2D eigenvalue weighted by molar-refractivity contribution is 0.0947. The van der Waals surface area contributed by atoms with Gasteiger partial charge in [0.05, 0.1) is 24.6 Å². The molecule has 1 N–H and O–H groups in total. The number of aliphatic imine (C=N–C) groups is 1. The lowest BCUT2D eigenvalue weighted by Gasteiger charge is -2.33. The van der Waals surface area contributed by atoms with E-state index in [0.717, 1.165) is 41.3 Å². The monoisotopic (exact) mass is 424 g/mol. The van der Waals surface area contributed by atoms with Crippen molar-refractivity contribution in [2.75, 3.05) is 0 Å². The number of nitrogens with one attached hydrogen (secondary N) is 1. The van der Waals surface area contributed by atoms with Crippen LogP contribution in [0.15, 0.2) is 44.4 Å². The van der Waals surface area contributed by atoms with Gasteiger partial charge < -0.3 is 14.2 Å². The highest BCUT2D eigenvalue weighted by atomic mass is 32.1. The zero-order valence-electron chi connectivity index (χ0n) is 18.0. The van der Waals surface area contributed by atoms with E-state index in [1.165, 1.54) is 4.88 Å². The molecule has 0 unspecified atom stereocenters. The number of carbonyl (C=O) groups is 1. The van der Waals surface area contributed by atoms with Crippen LogP contribution in [-0.2, 0) is 19.4 Å². The van der Waals surface area contributed by atoms with Crippen LogP contribution < -0.4 is 5.32 Å². The Morgan fingerprint density at radius 2 is 2.17 bits per heavy atom. The molecule has 1 aliphatic rings. The van der Waals surface area contributed by atoms with Crippen molar-refractivity contribution in [3.8, 4) is 0 Å². The van der Waals surface area contributed by atoms with Crippen molar-refractivity contribution in [3.63, 3.8) is 0 Å². The van der Waals surface area contributed by atoms with Crippen LogP contribution in [0.4, 0.5) is 5.00 Å². The van der Waals surface area contributed by atoms with Gasteiger partial charge in [0.1, 0.15) is 22.3 Å². The minimum absolute atomic E-state index is 0.0964. The summed E-state index contributed by atoms with van der Waals surface area (Å²) in [5, 5.41) is 3.75. The number of aryl methyl sites for hydroxylation is 1. The molecule has 0 bridgehead atoms. The molecule has 1 amide bonds. The van der Waals surface area contributed by atoms with Crippen molar-refractivity contribution in [1.82, 2.24) is 5.32 Å². The topological polar surface area (TPSA) is 67.7 Å². The molecule has 5 nitrogen and oxygen atoms in total. The van der Waals surface area contributed by atoms with E-state index >= 15 is 0 Å². The van der Waals surface area contributed by atoms with Gasteiger partial charge in [0.25, 0.3) is 5.91 Å². The first-order valence-electron chi connectivity index (χ1n) is 10.4. The Kier molecular flexibility index (Phi) is 5.69. The predicted molar refractivity (Wildman–Crippen MR) is 120 cm³/mol. The van der Waals surface area contributed by atoms with Gasteiger partial charge in [-0.2, -0.15) is 0 Å².